The molecule has 1 unspecified atom stereocenters. The van der Waals surface area contributed by atoms with Gasteiger partial charge in [-0.3, -0.25) is 0 Å². The minimum Gasteiger partial charge on any atom is -0.228 e. The quantitative estimate of drug-likeness (QED) is 0.784. The molecule has 90 valence electrons. The maximum atomic E-state index is 11.9. The van der Waals surface area contributed by atoms with Crippen LogP contribution in [0.1, 0.15) is 18.1 Å². The Labute approximate surface area is 106 Å². The highest BCUT2D eigenvalue weighted by Crippen LogP contribution is 2.12. The lowest BCUT2D eigenvalue weighted by atomic mass is 10.2. The topological polar surface area (TPSA) is 34.1 Å². The van der Waals surface area contributed by atoms with Crippen LogP contribution in [0.3, 0.4) is 0 Å². The summed E-state index contributed by atoms with van der Waals surface area (Å²) in [5, 5.41) is 0.722. The molecule has 2 nitrogen and oxygen atoms in total. The monoisotopic (exact) mass is 304 g/mol. The number of halogens is 1. The Bertz CT molecular complexity index is 440. The molecule has 16 heavy (non-hydrogen) atoms. The van der Waals surface area contributed by atoms with E-state index in [0.717, 1.165) is 16.5 Å². The highest BCUT2D eigenvalue weighted by atomic mass is 79.9. The Balaban J connectivity index is 2.73. The standard InChI is InChI=1S/C12H17BrO2S/c1-10-4-3-5-12(6-10)9-16(14,15)8-11(2)7-13/h3-6,11H,7-9H2,1-2H3. The summed E-state index contributed by atoms with van der Waals surface area (Å²) < 4.78 is 23.7. The van der Waals surface area contributed by atoms with E-state index in [-0.39, 0.29) is 17.4 Å². The van der Waals surface area contributed by atoms with Crippen LogP contribution in [-0.2, 0) is 15.6 Å². The number of benzene rings is 1. The van der Waals surface area contributed by atoms with Crippen LogP contribution in [0.25, 0.3) is 0 Å². The van der Waals surface area contributed by atoms with E-state index in [1.807, 2.05) is 38.1 Å². The van der Waals surface area contributed by atoms with Gasteiger partial charge < -0.3 is 0 Å². The molecule has 0 saturated heterocycles. The number of aryl methyl sites for hydroxylation is 1. The van der Waals surface area contributed by atoms with Crippen molar-refractivity contribution in [3.05, 3.63) is 35.4 Å². The Morgan fingerprint density at radius 2 is 2.06 bits per heavy atom. The van der Waals surface area contributed by atoms with Gasteiger partial charge >= 0.3 is 0 Å². The average molecular weight is 305 g/mol. The number of rotatable bonds is 5. The average Bonchev–Trinajstić information content (AvgIpc) is 2.15. The summed E-state index contributed by atoms with van der Waals surface area (Å²) in [5.41, 5.74) is 1.98. The van der Waals surface area contributed by atoms with Gasteiger partial charge in [0.05, 0.1) is 11.5 Å². The molecule has 0 aromatic heterocycles. The first-order valence-corrected chi connectivity index (χ1v) is 8.19. The first-order valence-electron chi connectivity index (χ1n) is 5.25. The van der Waals surface area contributed by atoms with Crippen molar-refractivity contribution in [2.24, 2.45) is 5.92 Å². The Hall–Kier alpha value is -0.350. The second kappa shape index (κ2) is 5.82. The Morgan fingerprint density at radius 1 is 1.38 bits per heavy atom. The molecular formula is C12H17BrO2S. The number of alkyl halides is 1. The lowest BCUT2D eigenvalue weighted by Crippen LogP contribution is -2.16. The molecule has 0 spiro atoms. The highest BCUT2D eigenvalue weighted by Gasteiger charge is 2.15. The van der Waals surface area contributed by atoms with Gasteiger partial charge in [0.2, 0.25) is 0 Å². The minimum absolute atomic E-state index is 0.145. The van der Waals surface area contributed by atoms with Crippen LogP contribution in [0.2, 0.25) is 0 Å². The summed E-state index contributed by atoms with van der Waals surface area (Å²) in [7, 11) is -2.99. The molecule has 0 amide bonds. The summed E-state index contributed by atoms with van der Waals surface area (Å²) >= 11 is 3.30. The van der Waals surface area contributed by atoms with Crippen molar-refractivity contribution in [2.45, 2.75) is 19.6 Å². The van der Waals surface area contributed by atoms with E-state index in [2.05, 4.69) is 15.9 Å². The predicted octanol–water partition coefficient (Wildman–Crippen LogP) is 2.94. The lowest BCUT2D eigenvalue weighted by molar-refractivity contribution is 0.583. The van der Waals surface area contributed by atoms with Crippen LogP contribution in [-0.4, -0.2) is 19.5 Å². The third-order valence-electron chi connectivity index (χ3n) is 2.27. The number of hydrogen-bond acceptors (Lipinski definition) is 2. The molecule has 0 aliphatic rings. The zero-order valence-electron chi connectivity index (χ0n) is 9.61. The largest absolute Gasteiger partial charge is 0.228 e. The van der Waals surface area contributed by atoms with Crippen LogP contribution in [0.15, 0.2) is 24.3 Å². The first-order chi connectivity index (χ1) is 7.43. The Kier molecular flexibility index (Phi) is 4.99. The second-order valence-corrected chi connectivity index (χ2v) is 7.06. The van der Waals surface area contributed by atoms with Crippen LogP contribution in [0, 0.1) is 12.8 Å². The Morgan fingerprint density at radius 3 is 2.62 bits per heavy atom. The number of hydrogen-bond donors (Lipinski definition) is 0. The van der Waals surface area contributed by atoms with Crippen molar-refractivity contribution in [1.82, 2.24) is 0 Å². The van der Waals surface area contributed by atoms with Crippen molar-refractivity contribution in [3.8, 4) is 0 Å². The zero-order chi connectivity index (χ0) is 12.2. The van der Waals surface area contributed by atoms with Gasteiger partial charge in [-0.1, -0.05) is 52.7 Å². The SMILES string of the molecule is Cc1cccc(CS(=O)(=O)CC(C)CBr)c1. The predicted molar refractivity (Wildman–Crippen MR) is 71.6 cm³/mol. The van der Waals surface area contributed by atoms with Gasteiger partial charge in [0.25, 0.3) is 0 Å². The van der Waals surface area contributed by atoms with Gasteiger partial charge in [-0.25, -0.2) is 8.42 Å². The van der Waals surface area contributed by atoms with Crippen LogP contribution < -0.4 is 0 Å². The summed E-state index contributed by atoms with van der Waals surface area (Å²) in [6, 6.07) is 7.66. The third kappa shape index (κ3) is 4.66. The van der Waals surface area contributed by atoms with Crippen molar-refractivity contribution in [2.75, 3.05) is 11.1 Å². The van der Waals surface area contributed by atoms with E-state index in [1.165, 1.54) is 0 Å². The van der Waals surface area contributed by atoms with Crippen LogP contribution in [0.5, 0.6) is 0 Å². The zero-order valence-corrected chi connectivity index (χ0v) is 12.0. The molecule has 0 bridgehead atoms. The van der Waals surface area contributed by atoms with Crippen molar-refractivity contribution in [1.29, 1.82) is 0 Å². The van der Waals surface area contributed by atoms with Gasteiger partial charge in [0, 0.05) is 5.33 Å². The molecule has 0 N–H and O–H groups in total. The molecule has 1 atom stereocenters. The number of sulfone groups is 1. The third-order valence-corrected chi connectivity index (χ3v) is 5.23. The molecule has 1 rings (SSSR count). The van der Waals surface area contributed by atoms with E-state index in [0.29, 0.717) is 0 Å². The van der Waals surface area contributed by atoms with Crippen molar-refractivity contribution >= 4 is 25.8 Å². The lowest BCUT2D eigenvalue weighted by Gasteiger charge is -2.09. The summed E-state index contributed by atoms with van der Waals surface area (Å²) in [6.07, 6.45) is 0. The second-order valence-electron chi connectivity index (χ2n) is 4.30. The van der Waals surface area contributed by atoms with Crippen LogP contribution >= 0.6 is 15.9 Å². The molecule has 0 fully saturated rings. The molecule has 0 heterocycles. The summed E-state index contributed by atoms with van der Waals surface area (Å²) in [5.74, 6) is 0.549. The molecule has 0 radical (unpaired) electrons. The fraction of sp³-hybridized carbons (Fsp3) is 0.500. The molecule has 1 aromatic rings. The van der Waals surface area contributed by atoms with Gasteiger partial charge in [-0.2, -0.15) is 0 Å². The van der Waals surface area contributed by atoms with E-state index >= 15 is 0 Å². The highest BCUT2D eigenvalue weighted by molar-refractivity contribution is 9.09. The van der Waals surface area contributed by atoms with Gasteiger partial charge in [0.15, 0.2) is 9.84 Å². The maximum absolute atomic E-state index is 11.9. The fourth-order valence-electron chi connectivity index (χ4n) is 1.59. The molecule has 4 heteroatoms. The van der Waals surface area contributed by atoms with Crippen molar-refractivity contribution in [3.63, 3.8) is 0 Å². The van der Waals surface area contributed by atoms with E-state index in [1.54, 1.807) is 0 Å². The van der Waals surface area contributed by atoms with Crippen molar-refractivity contribution < 1.29 is 8.42 Å². The van der Waals surface area contributed by atoms with E-state index in [9.17, 15) is 8.42 Å². The summed E-state index contributed by atoms with van der Waals surface area (Å²) in [6.45, 7) is 3.90. The van der Waals surface area contributed by atoms with Crippen LogP contribution in [0.4, 0.5) is 0 Å². The minimum atomic E-state index is -2.99. The first kappa shape index (κ1) is 13.7. The van der Waals surface area contributed by atoms with E-state index in [4.69, 9.17) is 0 Å². The van der Waals surface area contributed by atoms with Gasteiger partial charge in [-0.15, -0.1) is 0 Å². The van der Waals surface area contributed by atoms with Gasteiger partial charge in [-0.05, 0) is 18.4 Å². The molecule has 1 aromatic carbocycles. The molecule has 0 aliphatic carbocycles. The van der Waals surface area contributed by atoms with Gasteiger partial charge in [0.1, 0.15) is 0 Å². The smallest absolute Gasteiger partial charge is 0.154 e. The normalized spacial score (nSPS) is 13.7. The summed E-state index contributed by atoms with van der Waals surface area (Å²) in [4.78, 5) is 0. The fourth-order valence-corrected chi connectivity index (χ4v) is 3.91. The maximum Gasteiger partial charge on any atom is 0.154 e. The molecule has 0 aliphatic heterocycles. The van der Waals surface area contributed by atoms with E-state index < -0.39 is 9.84 Å². The molecular weight excluding hydrogens is 288 g/mol. The molecule has 0 saturated carbocycles.